The summed E-state index contributed by atoms with van der Waals surface area (Å²) in [5.41, 5.74) is 0. The van der Waals surface area contributed by atoms with Gasteiger partial charge in [-0.1, -0.05) is 0 Å². The highest BCUT2D eigenvalue weighted by atomic mass is 32.2. The van der Waals surface area contributed by atoms with Crippen molar-refractivity contribution in [2.75, 3.05) is 18.6 Å². The van der Waals surface area contributed by atoms with Crippen molar-refractivity contribution in [1.29, 1.82) is 0 Å². The Balaban J connectivity index is 3.61. The molecule has 0 aliphatic heterocycles. The highest BCUT2D eigenvalue weighted by molar-refractivity contribution is 7.90. The summed E-state index contributed by atoms with van der Waals surface area (Å²) in [6.45, 7) is 1.81. The predicted molar refractivity (Wildman–Crippen MR) is 52.5 cm³/mol. The van der Waals surface area contributed by atoms with E-state index in [0.29, 0.717) is 0 Å². The van der Waals surface area contributed by atoms with Crippen molar-refractivity contribution in [3.05, 3.63) is 0 Å². The second-order valence-electron chi connectivity index (χ2n) is 3.67. The van der Waals surface area contributed by atoms with E-state index in [4.69, 9.17) is 0 Å². The highest BCUT2D eigenvalue weighted by Crippen LogP contribution is 2.20. The maximum Gasteiger partial charge on any atom is 0.389 e. The molecular weight excluding hydrogens is 231 g/mol. The van der Waals surface area contributed by atoms with Crippen molar-refractivity contribution in [2.24, 2.45) is 0 Å². The Hall–Kier alpha value is -0.300. The Bertz CT molecular complexity index is 274. The standard InChI is InChI=1S/C8H16F3NO2S/c1-7(6-15(2,13)14)12-5-3-4-8(9,10)11/h7,12H,3-6H2,1-2H3. The van der Waals surface area contributed by atoms with Crippen LogP contribution < -0.4 is 5.32 Å². The minimum atomic E-state index is -4.14. The molecule has 0 aliphatic carbocycles. The van der Waals surface area contributed by atoms with Gasteiger partial charge in [0.2, 0.25) is 0 Å². The summed E-state index contributed by atoms with van der Waals surface area (Å²) in [7, 11) is -3.07. The zero-order valence-corrected chi connectivity index (χ0v) is 9.58. The van der Waals surface area contributed by atoms with Crippen molar-refractivity contribution >= 4 is 9.84 Å². The first kappa shape index (κ1) is 14.7. The van der Waals surface area contributed by atoms with Crippen molar-refractivity contribution in [1.82, 2.24) is 5.32 Å². The van der Waals surface area contributed by atoms with Crippen LogP contribution in [0.15, 0.2) is 0 Å². The number of hydrogen-bond acceptors (Lipinski definition) is 3. The molecule has 7 heteroatoms. The zero-order chi connectivity index (χ0) is 12.1. The number of halogens is 3. The molecule has 1 N–H and O–H groups in total. The zero-order valence-electron chi connectivity index (χ0n) is 8.76. The number of hydrogen-bond donors (Lipinski definition) is 1. The molecule has 0 radical (unpaired) electrons. The molecule has 0 aromatic rings. The van der Waals surface area contributed by atoms with Crippen molar-refractivity contribution < 1.29 is 21.6 Å². The van der Waals surface area contributed by atoms with E-state index < -0.39 is 22.4 Å². The molecule has 15 heavy (non-hydrogen) atoms. The molecule has 0 heterocycles. The highest BCUT2D eigenvalue weighted by Gasteiger charge is 2.25. The summed E-state index contributed by atoms with van der Waals surface area (Å²) in [6.07, 6.45) is -3.91. The van der Waals surface area contributed by atoms with Crippen LogP contribution in [0.25, 0.3) is 0 Å². The van der Waals surface area contributed by atoms with E-state index in [0.717, 1.165) is 6.26 Å². The normalized spacial score (nSPS) is 15.3. The molecule has 0 rings (SSSR count). The van der Waals surface area contributed by atoms with Crippen molar-refractivity contribution in [3.63, 3.8) is 0 Å². The lowest BCUT2D eigenvalue weighted by molar-refractivity contribution is -0.135. The van der Waals surface area contributed by atoms with E-state index >= 15 is 0 Å². The minimum Gasteiger partial charge on any atom is -0.313 e. The van der Waals surface area contributed by atoms with E-state index in [1.54, 1.807) is 6.92 Å². The van der Waals surface area contributed by atoms with Gasteiger partial charge in [0, 0.05) is 18.7 Å². The first-order valence-corrected chi connectivity index (χ1v) is 6.64. The molecule has 1 unspecified atom stereocenters. The van der Waals surface area contributed by atoms with Crippen LogP contribution in [0.1, 0.15) is 19.8 Å². The van der Waals surface area contributed by atoms with Gasteiger partial charge in [0.15, 0.2) is 0 Å². The number of nitrogens with one attached hydrogen (secondary N) is 1. The van der Waals surface area contributed by atoms with E-state index in [9.17, 15) is 21.6 Å². The molecule has 3 nitrogen and oxygen atoms in total. The summed E-state index contributed by atoms with van der Waals surface area (Å²) in [4.78, 5) is 0. The molecule has 1 atom stereocenters. The summed E-state index contributed by atoms with van der Waals surface area (Å²) >= 11 is 0. The van der Waals surface area contributed by atoms with Crippen LogP contribution in [-0.2, 0) is 9.84 Å². The topological polar surface area (TPSA) is 46.2 Å². The fourth-order valence-electron chi connectivity index (χ4n) is 1.15. The first-order valence-electron chi connectivity index (χ1n) is 4.58. The smallest absolute Gasteiger partial charge is 0.313 e. The monoisotopic (exact) mass is 247 g/mol. The van der Waals surface area contributed by atoms with Gasteiger partial charge in [-0.05, 0) is 19.9 Å². The Morgan fingerprint density at radius 2 is 1.87 bits per heavy atom. The van der Waals surface area contributed by atoms with Crippen molar-refractivity contribution in [3.8, 4) is 0 Å². The van der Waals surface area contributed by atoms with Crippen LogP contribution in [-0.4, -0.2) is 39.2 Å². The summed E-state index contributed by atoms with van der Waals surface area (Å²) < 4.78 is 56.8. The maximum absolute atomic E-state index is 11.7. The fourth-order valence-corrected chi connectivity index (χ4v) is 2.18. The van der Waals surface area contributed by atoms with Gasteiger partial charge in [0.25, 0.3) is 0 Å². The second-order valence-corrected chi connectivity index (χ2v) is 5.85. The van der Waals surface area contributed by atoms with Gasteiger partial charge in [-0.15, -0.1) is 0 Å². The SMILES string of the molecule is CC(CS(C)(=O)=O)NCCCC(F)(F)F. The van der Waals surface area contributed by atoms with Crippen molar-refractivity contribution in [2.45, 2.75) is 32.0 Å². The number of alkyl halides is 3. The average Bonchev–Trinajstić information content (AvgIpc) is 1.92. The van der Waals surface area contributed by atoms with Gasteiger partial charge in [-0.2, -0.15) is 13.2 Å². The van der Waals surface area contributed by atoms with E-state index in [-0.39, 0.29) is 24.8 Å². The van der Waals surface area contributed by atoms with E-state index in [1.165, 1.54) is 0 Å². The third-order valence-electron chi connectivity index (χ3n) is 1.68. The van der Waals surface area contributed by atoms with Crippen LogP contribution in [0.5, 0.6) is 0 Å². The molecule has 92 valence electrons. The first-order chi connectivity index (χ1) is 6.60. The molecule has 0 fully saturated rings. The number of rotatable bonds is 6. The summed E-state index contributed by atoms with van der Waals surface area (Å²) in [6, 6.07) is -0.312. The summed E-state index contributed by atoms with van der Waals surface area (Å²) in [5.74, 6) is -0.0565. The molecule has 0 spiro atoms. The lowest BCUT2D eigenvalue weighted by Gasteiger charge is -2.13. The fraction of sp³-hybridized carbons (Fsp3) is 1.00. The van der Waals surface area contributed by atoms with E-state index in [1.807, 2.05) is 0 Å². The maximum atomic E-state index is 11.7. The second kappa shape index (κ2) is 5.69. The predicted octanol–water partition coefficient (Wildman–Crippen LogP) is 1.35. The molecule has 0 amide bonds. The lowest BCUT2D eigenvalue weighted by Crippen LogP contribution is -2.33. The van der Waals surface area contributed by atoms with Gasteiger partial charge >= 0.3 is 6.18 Å². The Morgan fingerprint density at radius 3 is 2.27 bits per heavy atom. The summed E-state index contributed by atoms with van der Waals surface area (Å²) in [5, 5.41) is 2.73. The largest absolute Gasteiger partial charge is 0.389 e. The van der Waals surface area contributed by atoms with Gasteiger partial charge in [0.1, 0.15) is 9.84 Å². The van der Waals surface area contributed by atoms with Gasteiger partial charge in [-0.25, -0.2) is 8.42 Å². The molecule has 0 bridgehead atoms. The van der Waals surface area contributed by atoms with E-state index in [2.05, 4.69) is 5.32 Å². The lowest BCUT2D eigenvalue weighted by atomic mass is 10.3. The molecule has 0 aromatic carbocycles. The third kappa shape index (κ3) is 11.6. The van der Waals surface area contributed by atoms with Crippen LogP contribution >= 0.6 is 0 Å². The van der Waals surface area contributed by atoms with Gasteiger partial charge in [-0.3, -0.25) is 0 Å². The molecule has 0 saturated heterocycles. The average molecular weight is 247 g/mol. The third-order valence-corrected chi connectivity index (χ3v) is 2.79. The molecule has 0 saturated carbocycles. The van der Waals surface area contributed by atoms with Crippen LogP contribution in [0.4, 0.5) is 13.2 Å². The Morgan fingerprint density at radius 1 is 1.33 bits per heavy atom. The molecular formula is C8H16F3NO2S. The van der Waals surface area contributed by atoms with Gasteiger partial charge < -0.3 is 5.32 Å². The Kier molecular flexibility index (Phi) is 5.58. The van der Waals surface area contributed by atoms with Crippen LogP contribution in [0, 0.1) is 0 Å². The molecule has 0 aliphatic rings. The minimum absolute atomic E-state index is 0.0302. The van der Waals surface area contributed by atoms with Gasteiger partial charge in [0.05, 0.1) is 5.75 Å². The van der Waals surface area contributed by atoms with Crippen LogP contribution in [0.3, 0.4) is 0 Å². The number of sulfone groups is 1. The Labute approximate surface area is 88.0 Å². The quantitative estimate of drug-likeness (QED) is 0.721. The van der Waals surface area contributed by atoms with Crippen LogP contribution in [0.2, 0.25) is 0 Å². The molecule has 0 aromatic heterocycles.